The monoisotopic (exact) mass is 483 g/mol. The van der Waals surface area contributed by atoms with Gasteiger partial charge >= 0.3 is 5.97 Å². The second kappa shape index (κ2) is 8.22. The molecule has 2 aliphatic rings. The maximum atomic E-state index is 14.2. The van der Waals surface area contributed by atoms with Crippen molar-refractivity contribution < 1.29 is 23.0 Å². The molecule has 2 aliphatic heterocycles. The van der Waals surface area contributed by atoms with Crippen LogP contribution in [-0.4, -0.2) is 67.4 Å². The minimum absolute atomic E-state index is 0.0705. The van der Waals surface area contributed by atoms with Crippen LogP contribution >= 0.6 is 0 Å². The van der Waals surface area contributed by atoms with Crippen molar-refractivity contribution in [3.63, 3.8) is 0 Å². The molecule has 35 heavy (non-hydrogen) atoms. The summed E-state index contributed by atoms with van der Waals surface area (Å²) in [6.45, 7) is 2.85. The lowest BCUT2D eigenvalue weighted by atomic mass is 10.2. The van der Waals surface area contributed by atoms with Gasteiger partial charge in [-0.3, -0.25) is 4.57 Å². The van der Waals surface area contributed by atoms with Gasteiger partial charge in [0.05, 0.1) is 36.7 Å². The molecule has 2 saturated heterocycles. The van der Waals surface area contributed by atoms with Gasteiger partial charge in [0.25, 0.3) is 6.43 Å². The Kier molecular flexibility index (Phi) is 5.13. The fraction of sp³-hybridized carbons (Fsp3) is 0.435. The Bertz CT molecular complexity index is 1420. The lowest BCUT2D eigenvalue weighted by Gasteiger charge is -2.32. The summed E-state index contributed by atoms with van der Waals surface area (Å²) >= 11 is 0. The summed E-state index contributed by atoms with van der Waals surface area (Å²) in [5, 5.41) is 0. The Morgan fingerprint density at radius 2 is 1.89 bits per heavy atom. The Labute approximate surface area is 198 Å². The van der Waals surface area contributed by atoms with Gasteiger partial charge < -0.3 is 18.9 Å². The molecule has 0 saturated carbocycles. The Hall–Kier alpha value is -3.67. The van der Waals surface area contributed by atoms with E-state index in [1.54, 1.807) is 35.8 Å². The lowest BCUT2D eigenvalue weighted by molar-refractivity contribution is -0.143. The summed E-state index contributed by atoms with van der Waals surface area (Å²) in [7, 11) is 1.31. The summed E-state index contributed by atoms with van der Waals surface area (Å²) in [5.41, 5.74) is 1.53. The minimum Gasteiger partial charge on any atom is -0.467 e. The highest BCUT2D eigenvalue weighted by atomic mass is 19.3. The van der Waals surface area contributed by atoms with Crippen molar-refractivity contribution in [3.05, 3.63) is 36.4 Å². The summed E-state index contributed by atoms with van der Waals surface area (Å²) < 4.78 is 42.1. The first kappa shape index (κ1) is 21.8. The number of carbonyl (C=O) groups is 1. The molecule has 0 aliphatic carbocycles. The fourth-order valence-corrected chi connectivity index (χ4v) is 4.95. The number of hydrogen-bond donors (Lipinski definition) is 0. The zero-order valence-electron chi connectivity index (χ0n) is 19.1. The largest absolute Gasteiger partial charge is 0.467 e. The smallest absolute Gasteiger partial charge is 0.328 e. The molecule has 12 heteroatoms. The number of rotatable bonds is 5. The Morgan fingerprint density at radius 1 is 1.14 bits per heavy atom. The number of anilines is 1. The van der Waals surface area contributed by atoms with Crippen LogP contribution in [0.3, 0.4) is 0 Å². The van der Waals surface area contributed by atoms with Gasteiger partial charge in [0, 0.05) is 13.1 Å². The first-order valence-electron chi connectivity index (χ1n) is 11.4. The third-order valence-electron chi connectivity index (χ3n) is 6.67. The molecule has 1 aromatic carbocycles. The van der Waals surface area contributed by atoms with Gasteiger partial charge in [-0.05, 0) is 31.9 Å². The van der Waals surface area contributed by atoms with Crippen molar-refractivity contribution in [1.82, 2.24) is 29.1 Å². The number of alkyl halides is 2. The maximum Gasteiger partial charge on any atom is 0.328 e. The van der Waals surface area contributed by atoms with E-state index in [9.17, 15) is 13.6 Å². The van der Waals surface area contributed by atoms with Crippen LogP contribution in [0.4, 0.5) is 14.7 Å². The predicted molar refractivity (Wildman–Crippen MR) is 122 cm³/mol. The first-order chi connectivity index (χ1) is 16.9. The van der Waals surface area contributed by atoms with E-state index in [1.807, 2.05) is 4.90 Å². The van der Waals surface area contributed by atoms with Crippen molar-refractivity contribution in [2.75, 3.05) is 25.1 Å². The number of fused-ring (bicyclic) bond motifs is 4. The lowest BCUT2D eigenvalue weighted by Crippen LogP contribution is -2.43. The van der Waals surface area contributed by atoms with Crippen LogP contribution in [0.2, 0.25) is 0 Å². The molecule has 2 bridgehead atoms. The summed E-state index contributed by atoms with van der Waals surface area (Å²) in [4.78, 5) is 32.4. The molecular formula is C23H23F2N7O3. The van der Waals surface area contributed by atoms with E-state index in [0.717, 1.165) is 12.8 Å². The number of nitrogens with zero attached hydrogens (tertiary/aromatic N) is 7. The molecule has 0 amide bonds. The average Bonchev–Trinajstić information content (AvgIpc) is 3.56. The number of halogens is 2. The van der Waals surface area contributed by atoms with Crippen molar-refractivity contribution in [2.24, 2.45) is 0 Å². The molecule has 2 fully saturated rings. The second-order valence-electron chi connectivity index (χ2n) is 8.83. The maximum absolute atomic E-state index is 14.2. The molecule has 182 valence electrons. The van der Waals surface area contributed by atoms with Gasteiger partial charge in [0.1, 0.15) is 6.04 Å². The summed E-state index contributed by atoms with van der Waals surface area (Å²) in [6.07, 6.45) is 0.663. The first-order valence-corrected chi connectivity index (χ1v) is 11.4. The number of morpholine rings is 1. The van der Waals surface area contributed by atoms with Crippen LogP contribution in [0.1, 0.15) is 38.1 Å². The van der Waals surface area contributed by atoms with Crippen LogP contribution < -0.4 is 4.90 Å². The molecular weight excluding hydrogens is 460 g/mol. The van der Waals surface area contributed by atoms with Crippen LogP contribution in [0, 0.1) is 0 Å². The zero-order chi connectivity index (χ0) is 24.3. The van der Waals surface area contributed by atoms with E-state index in [0.29, 0.717) is 35.7 Å². The van der Waals surface area contributed by atoms with Crippen molar-refractivity contribution in [3.8, 4) is 5.82 Å². The normalized spacial score (nSPS) is 20.8. The van der Waals surface area contributed by atoms with Crippen molar-refractivity contribution in [2.45, 2.75) is 44.4 Å². The van der Waals surface area contributed by atoms with Gasteiger partial charge in [-0.15, -0.1) is 0 Å². The molecule has 6 rings (SSSR count). The van der Waals surface area contributed by atoms with Crippen LogP contribution in [0.25, 0.3) is 28.0 Å². The summed E-state index contributed by atoms with van der Waals surface area (Å²) in [5.74, 6) is -0.361. The molecule has 0 radical (unpaired) electrons. The summed E-state index contributed by atoms with van der Waals surface area (Å²) in [6, 6.07) is 6.16. The third-order valence-corrected chi connectivity index (χ3v) is 6.67. The highest BCUT2D eigenvalue weighted by molar-refractivity contribution is 5.87. The number of carbonyl (C=O) groups excluding carboxylic acids is 1. The molecule has 5 heterocycles. The molecule has 3 atom stereocenters. The highest BCUT2D eigenvalue weighted by Crippen LogP contribution is 2.33. The zero-order valence-corrected chi connectivity index (χ0v) is 19.1. The van der Waals surface area contributed by atoms with Gasteiger partial charge in [0.15, 0.2) is 22.8 Å². The van der Waals surface area contributed by atoms with Crippen molar-refractivity contribution >= 4 is 34.1 Å². The minimum atomic E-state index is -2.84. The molecule has 4 aromatic rings. The van der Waals surface area contributed by atoms with Gasteiger partial charge in [-0.25, -0.2) is 23.5 Å². The van der Waals surface area contributed by atoms with E-state index < -0.39 is 24.3 Å². The number of para-hydroxylation sites is 2. The van der Waals surface area contributed by atoms with E-state index in [1.165, 1.54) is 18.0 Å². The SMILES string of the molecule is COC(=O)C(C)n1cnc2c(-n3c(C(F)F)nc4ccccc43)nc(N3CC4CC[C@@H](C3)O4)nc21. The van der Waals surface area contributed by atoms with E-state index in [2.05, 4.69) is 9.97 Å². The Morgan fingerprint density at radius 3 is 2.60 bits per heavy atom. The number of esters is 1. The van der Waals surface area contributed by atoms with E-state index >= 15 is 0 Å². The number of ether oxygens (including phenoxy) is 2. The second-order valence-corrected chi connectivity index (χ2v) is 8.83. The van der Waals surface area contributed by atoms with Gasteiger partial charge in [0.2, 0.25) is 5.95 Å². The number of hydrogen-bond acceptors (Lipinski definition) is 8. The molecule has 0 spiro atoms. The van der Waals surface area contributed by atoms with Crippen LogP contribution in [0.5, 0.6) is 0 Å². The van der Waals surface area contributed by atoms with Crippen molar-refractivity contribution in [1.29, 1.82) is 0 Å². The number of methoxy groups -OCH3 is 1. The molecule has 3 aromatic heterocycles. The van der Waals surface area contributed by atoms with Gasteiger partial charge in [-0.1, -0.05) is 12.1 Å². The molecule has 10 nitrogen and oxygen atoms in total. The number of aromatic nitrogens is 6. The Balaban J connectivity index is 1.61. The standard InChI is InChI=1S/C23H23F2N7O3/c1-12(22(33)34-2)31-11-26-17-19(31)28-23(30-9-13-7-8-14(10-30)35-13)29-20(17)32-16-6-4-3-5-15(16)27-21(32)18(24)25/h3-6,11-14,18H,7-10H2,1-2H3/t12?,13-,14?/m0/s1. The van der Waals surface area contributed by atoms with E-state index in [4.69, 9.17) is 19.4 Å². The van der Waals surface area contributed by atoms with Gasteiger partial charge in [-0.2, -0.15) is 9.97 Å². The van der Waals surface area contributed by atoms with Crippen LogP contribution in [0.15, 0.2) is 30.6 Å². The quantitative estimate of drug-likeness (QED) is 0.399. The molecule has 0 N–H and O–H groups in total. The number of benzene rings is 1. The third kappa shape index (κ3) is 3.51. The van der Waals surface area contributed by atoms with E-state index in [-0.39, 0.29) is 23.5 Å². The number of imidazole rings is 2. The fourth-order valence-electron chi connectivity index (χ4n) is 4.95. The van der Waals surface area contributed by atoms with Crippen LogP contribution in [-0.2, 0) is 14.3 Å². The predicted octanol–water partition coefficient (Wildman–Crippen LogP) is 3.20. The average molecular weight is 483 g/mol. The highest BCUT2D eigenvalue weighted by Gasteiger charge is 2.36. The topological polar surface area (TPSA) is 100 Å². The molecule has 2 unspecified atom stereocenters.